The molecule has 28 heavy (non-hydrogen) atoms. The number of hydrogen-bond donors (Lipinski definition) is 2. The molecule has 0 bridgehead atoms. The van der Waals surface area contributed by atoms with Gasteiger partial charge in [0.2, 0.25) is 5.91 Å². The molecule has 2 aromatic rings. The van der Waals surface area contributed by atoms with Crippen LogP contribution in [0.4, 0.5) is 0 Å². The van der Waals surface area contributed by atoms with Crippen LogP contribution in [0.3, 0.4) is 0 Å². The van der Waals surface area contributed by atoms with Gasteiger partial charge in [-0.05, 0) is 31.4 Å². The number of ether oxygens (including phenoxy) is 1. The molecule has 0 aromatic carbocycles. The van der Waals surface area contributed by atoms with E-state index in [1.807, 2.05) is 6.07 Å². The number of aromatic amines is 1. The topological polar surface area (TPSA) is 117 Å². The minimum Gasteiger partial charge on any atom is -0.356 e. The van der Waals surface area contributed by atoms with Crippen LogP contribution in [-0.2, 0) is 20.9 Å². The van der Waals surface area contributed by atoms with Crippen molar-refractivity contribution in [3.8, 4) is 0 Å². The first kappa shape index (κ1) is 18.3. The SMILES string of the molecule is Cc1cc(=O)[nH]c(CNC(=O)[C@H]2OCC(=O)N(C3CC3)[C@@H]2c2cccnc2)n1. The Morgan fingerprint density at radius 2 is 2.21 bits per heavy atom. The fourth-order valence-electron chi connectivity index (χ4n) is 3.51. The molecule has 0 radical (unpaired) electrons. The quantitative estimate of drug-likeness (QED) is 0.763. The van der Waals surface area contributed by atoms with Crippen LogP contribution in [0, 0.1) is 6.92 Å². The maximum absolute atomic E-state index is 12.9. The van der Waals surface area contributed by atoms with Gasteiger partial charge in [-0.3, -0.25) is 19.4 Å². The third kappa shape index (κ3) is 3.79. The summed E-state index contributed by atoms with van der Waals surface area (Å²) in [6.07, 6.45) is 4.28. The minimum atomic E-state index is -0.862. The standard InChI is InChI=1S/C19H21N5O4/c1-11-7-15(25)23-14(22-11)9-21-19(27)18-17(12-3-2-6-20-8-12)24(13-4-5-13)16(26)10-28-18/h2-3,6-8,13,17-18H,4-5,9-10H2,1H3,(H,21,27)(H,22,23,25)/t17-,18+/m1/s1. The van der Waals surface area contributed by atoms with E-state index in [0.29, 0.717) is 11.5 Å². The summed E-state index contributed by atoms with van der Waals surface area (Å²) in [5.74, 6) is -0.122. The van der Waals surface area contributed by atoms with Gasteiger partial charge in [-0.1, -0.05) is 6.07 Å². The predicted molar refractivity (Wildman–Crippen MR) is 98.0 cm³/mol. The Bertz CT molecular complexity index is 941. The molecule has 9 heteroatoms. The Balaban J connectivity index is 1.56. The van der Waals surface area contributed by atoms with Gasteiger partial charge in [-0.2, -0.15) is 0 Å². The number of carbonyl (C=O) groups is 2. The molecule has 3 heterocycles. The molecule has 146 valence electrons. The molecule has 2 fully saturated rings. The second-order valence-electron chi connectivity index (χ2n) is 7.05. The van der Waals surface area contributed by atoms with Crippen LogP contribution in [0.15, 0.2) is 35.4 Å². The zero-order valence-corrected chi connectivity index (χ0v) is 15.4. The van der Waals surface area contributed by atoms with Crippen LogP contribution in [0.25, 0.3) is 0 Å². The highest BCUT2D eigenvalue weighted by Gasteiger charge is 2.47. The Morgan fingerprint density at radius 1 is 1.39 bits per heavy atom. The maximum atomic E-state index is 12.9. The molecule has 1 aliphatic heterocycles. The number of hydrogen-bond acceptors (Lipinski definition) is 6. The molecule has 1 saturated heterocycles. The van der Waals surface area contributed by atoms with Crippen LogP contribution < -0.4 is 10.9 Å². The van der Waals surface area contributed by atoms with Crippen molar-refractivity contribution < 1.29 is 14.3 Å². The number of rotatable bonds is 5. The number of H-pyrrole nitrogens is 1. The number of nitrogens with one attached hydrogen (secondary N) is 2. The van der Waals surface area contributed by atoms with E-state index in [4.69, 9.17) is 4.74 Å². The van der Waals surface area contributed by atoms with E-state index in [2.05, 4.69) is 20.3 Å². The average molecular weight is 383 g/mol. The summed E-state index contributed by atoms with van der Waals surface area (Å²) >= 11 is 0. The molecule has 2 aliphatic rings. The van der Waals surface area contributed by atoms with Crippen molar-refractivity contribution >= 4 is 11.8 Å². The third-order valence-corrected chi connectivity index (χ3v) is 4.83. The highest BCUT2D eigenvalue weighted by molar-refractivity contribution is 5.86. The van der Waals surface area contributed by atoms with Crippen molar-refractivity contribution in [2.45, 2.75) is 44.5 Å². The number of pyridine rings is 1. The van der Waals surface area contributed by atoms with Crippen molar-refractivity contribution in [2.24, 2.45) is 0 Å². The van der Waals surface area contributed by atoms with Crippen molar-refractivity contribution in [2.75, 3.05) is 6.61 Å². The Hall–Kier alpha value is -3.07. The summed E-state index contributed by atoms with van der Waals surface area (Å²) in [5.41, 5.74) is 1.05. The first-order chi connectivity index (χ1) is 13.5. The second kappa shape index (κ2) is 7.51. The molecule has 2 amide bonds. The molecule has 0 spiro atoms. The van der Waals surface area contributed by atoms with E-state index in [0.717, 1.165) is 18.4 Å². The van der Waals surface area contributed by atoms with Crippen LogP contribution in [0.5, 0.6) is 0 Å². The molecule has 1 aliphatic carbocycles. The zero-order chi connectivity index (χ0) is 19.7. The molecule has 0 unspecified atom stereocenters. The van der Waals surface area contributed by atoms with Gasteiger partial charge in [-0.25, -0.2) is 4.98 Å². The lowest BCUT2D eigenvalue weighted by Gasteiger charge is -2.40. The number of nitrogens with zero attached hydrogens (tertiary/aromatic N) is 3. The first-order valence-corrected chi connectivity index (χ1v) is 9.20. The first-order valence-electron chi connectivity index (χ1n) is 9.20. The Kier molecular flexibility index (Phi) is 4.91. The van der Waals surface area contributed by atoms with Crippen LogP contribution in [-0.4, -0.2) is 50.4 Å². The van der Waals surface area contributed by atoms with Crippen LogP contribution in [0.2, 0.25) is 0 Å². The van der Waals surface area contributed by atoms with Crippen molar-refractivity contribution in [1.82, 2.24) is 25.2 Å². The van der Waals surface area contributed by atoms with E-state index in [-0.39, 0.29) is 36.6 Å². The molecule has 4 rings (SSSR count). The lowest BCUT2D eigenvalue weighted by atomic mass is 9.98. The van der Waals surface area contributed by atoms with Crippen LogP contribution >= 0.6 is 0 Å². The second-order valence-corrected chi connectivity index (χ2v) is 7.05. The van der Waals surface area contributed by atoms with Gasteiger partial charge in [0, 0.05) is 30.2 Å². The maximum Gasteiger partial charge on any atom is 0.252 e. The van der Waals surface area contributed by atoms with Gasteiger partial charge in [0.25, 0.3) is 11.5 Å². The van der Waals surface area contributed by atoms with E-state index >= 15 is 0 Å². The van der Waals surface area contributed by atoms with Gasteiger partial charge in [0.1, 0.15) is 12.4 Å². The minimum absolute atomic E-state index is 0.0623. The number of aryl methyl sites for hydroxylation is 1. The fraction of sp³-hybridized carbons (Fsp3) is 0.421. The normalized spacial score (nSPS) is 22.2. The summed E-state index contributed by atoms with van der Waals surface area (Å²) in [6.45, 7) is 1.64. The van der Waals surface area contributed by atoms with E-state index < -0.39 is 12.1 Å². The number of carbonyl (C=O) groups excluding carboxylic acids is 2. The number of morpholine rings is 1. The van der Waals surface area contributed by atoms with Crippen LogP contribution in [0.1, 0.15) is 36.0 Å². The summed E-state index contributed by atoms with van der Waals surface area (Å²) in [7, 11) is 0. The van der Waals surface area contributed by atoms with Gasteiger partial charge in [-0.15, -0.1) is 0 Å². The lowest BCUT2D eigenvalue weighted by Crippen LogP contribution is -2.55. The molecular formula is C19H21N5O4. The summed E-state index contributed by atoms with van der Waals surface area (Å²) < 4.78 is 5.64. The highest BCUT2D eigenvalue weighted by Crippen LogP contribution is 2.39. The predicted octanol–water partition coefficient (Wildman–Crippen LogP) is 0.221. The van der Waals surface area contributed by atoms with Crippen molar-refractivity contribution in [3.63, 3.8) is 0 Å². The Labute approximate surface area is 161 Å². The zero-order valence-electron chi connectivity index (χ0n) is 15.4. The molecule has 2 aromatic heterocycles. The van der Waals surface area contributed by atoms with Gasteiger partial charge in [0.15, 0.2) is 6.10 Å². The van der Waals surface area contributed by atoms with E-state index in [1.54, 1.807) is 30.3 Å². The van der Waals surface area contributed by atoms with Gasteiger partial charge in [0.05, 0.1) is 12.6 Å². The molecule has 9 nitrogen and oxygen atoms in total. The monoisotopic (exact) mass is 383 g/mol. The summed E-state index contributed by atoms with van der Waals surface area (Å²) in [6, 6.07) is 4.59. The summed E-state index contributed by atoms with van der Waals surface area (Å²) in [5, 5.41) is 2.76. The Morgan fingerprint density at radius 3 is 2.89 bits per heavy atom. The summed E-state index contributed by atoms with van der Waals surface area (Å²) in [4.78, 5) is 49.7. The largest absolute Gasteiger partial charge is 0.356 e. The van der Waals surface area contributed by atoms with E-state index in [9.17, 15) is 14.4 Å². The average Bonchev–Trinajstić information content (AvgIpc) is 3.51. The smallest absolute Gasteiger partial charge is 0.252 e. The van der Waals surface area contributed by atoms with Crippen molar-refractivity contribution in [3.05, 3.63) is 58.0 Å². The third-order valence-electron chi connectivity index (χ3n) is 4.83. The van der Waals surface area contributed by atoms with Gasteiger partial charge >= 0.3 is 0 Å². The highest BCUT2D eigenvalue weighted by atomic mass is 16.5. The lowest BCUT2D eigenvalue weighted by molar-refractivity contribution is -0.165. The molecule has 1 saturated carbocycles. The molecule has 2 N–H and O–H groups in total. The molecular weight excluding hydrogens is 362 g/mol. The van der Waals surface area contributed by atoms with E-state index in [1.165, 1.54) is 6.07 Å². The molecule has 2 atom stereocenters. The fourth-order valence-corrected chi connectivity index (χ4v) is 3.51. The van der Waals surface area contributed by atoms with Crippen molar-refractivity contribution in [1.29, 1.82) is 0 Å². The number of aromatic nitrogens is 3. The number of amides is 2. The van der Waals surface area contributed by atoms with Gasteiger partial charge < -0.3 is 19.9 Å².